The number of nitrogens with one attached hydrogen (secondary N) is 3. The lowest BCUT2D eigenvalue weighted by Gasteiger charge is -2.27. The van der Waals surface area contributed by atoms with E-state index in [0.717, 1.165) is 0 Å². The van der Waals surface area contributed by atoms with Gasteiger partial charge in [-0.15, -0.1) is 0 Å². The molecule has 0 aromatic rings. The van der Waals surface area contributed by atoms with Crippen molar-refractivity contribution in [1.82, 2.24) is 16.0 Å². The van der Waals surface area contributed by atoms with Crippen molar-refractivity contribution in [3.05, 3.63) is 0 Å². The minimum absolute atomic E-state index is 0.116. The molecule has 5 unspecified atom stereocenters. The van der Waals surface area contributed by atoms with Gasteiger partial charge in [-0.3, -0.25) is 19.2 Å². The van der Waals surface area contributed by atoms with Crippen molar-refractivity contribution >= 4 is 42.3 Å². The van der Waals surface area contributed by atoms with Crippen LogP contribution in [-0.2, 0) is 24.0 Å². The first kappa shape index (κ1) is 27.6. The molecule has 0 aliphatic heterocycles. The Bertz CT molecular complexity index is 633. The fourth-order valence-electron chi connectivity index (χ4n) is 2.29. The summed E-state index contributed by atoms with van der Waals surface area (Å²) in [5, 5.41) is 33.5. The van der Waals surface area contributed by atoms with E-state index in [1.54, 1.807) is 13.8 Å². The van der Waals surface area contributed by atoms with Crippen molar-refractivity contribution in [3.8, 4) is 0 Å². The highest BCUT2D eigenvalue weighted by atomic mass is 32.1. The van der Waals surface area contributed by atoms with Crippen LogP contribution in [0.2, 0.25) is 0 Å². The number of rotatable bonds is 14. The lowest BCUT2D eigenvalue weighted by atomic mass is 9.97. The lowest BCUT2D eigenvalue weighted by Crippen LogP contribution is -2.59. The third-order valence-corrected chi connectivity index (χ3v) is 4.78. The highest BCUT2D eigenvalue weighted by Gasteiger charge is 2.31. The van der Waals surface area contributed by atoms with Crippen LogP contribution in [-0.4, -0.2) is 81.5 Å². The van der Waals surface area contributed by atoms with Crippen molar-refractivity contribution in [2.75, 3.05) is 12.4 Å². The molecule has 0 heterocycles. The second kappa shape index (κ2) is 13.8. The summed E-state index contributed by atoms with van der Waals surface area (Å²) >= 11 is 3.98. The van der Waals surface area contributed by atoms with Gasteiger partial charge in [0.2, 0.25) is 17.7 Å². The van der Waals surface area contributed by atoms with E-state index >= 15 is 0 Å². The average molecular weight is 451 g/mol. The zero-order valence-electron chi connectivity index (χ0n) is 16.8. The number of aliphatic hydroxyl groups excluding tert-OH is 1. The molecule has 0 rings (SSSR count). The van der Waals surface area contributed by atoms with Crippen LogP contribution in [0, 0.1) is 5.92 Å². The zero-order valence-corrected chi connectivity index (χ0v) is 17.7. The first-order valence-electron chi connectivity index (χ1n) is 9.31. The number of hydrogen-bond acceptors (Lipinski definition) is 8. The molecule has 8 N–H and O–H groups in total. The van der Waals surface area contributed by atoms with Gasteiger partial charge in [0.15, 0.2) is 0 Å². The van der Waals surface area contributed by atoms with E-state index in [1.165, 1.54) is 0 Å². The molecule has 0 spiro atoms. The van der Waals surface area contributed by atoms with Gasteiger partial charge in [-0.25, -0.2) is 4.79 Å². The van der Waals surface area contributed by atoms with E-state index in [2.05, 4.69) is 28.6 Å². The highest BCUT2D eigenvalue weighted by molar-refractivity contribution is 7.80. The Morgan fingerprint density at radius 3 is 1.97 bits per heavy atom. The fraction of sp³-hybridized carbons (Fsp3) is 0.706. The Morgan fingerprint density at radius 2 is 1.53 bits per heavy atom. The van der Waals surface area contributed by atoms with Crippen LogP contribution in [0.5, 0.6) is 0 Å². The monoisotopic (exact) mass is 450 g/mol. The standard InChI is InChI=1S/C17H30N4O8S/c1-3-8(2)13(21-14(25)9(18)4-5-12(23)24)16(27)20-11(7-30)15(26)19-10(6-22)17(28)29/h8-11,13,22,30H,3-7,18H2,1-2H3,(H,19,26)(H,20,27)(H,21,25)(H,23,24)(H,28,29). The predicted molar refractivity (Wildman–Crippen MR) is 109 cm³/mol. The van der Waals surface area contributed by atoms with E-state index in [9.17, 15) is 24.0 Å². The molecule has 0 fully saturated rings. The van der Waals surface area contributed by atoms with Crippen LogP contribution in [0.3, 0.4) is 0 Å². The SMILES string of the molecule is CCC(C)C(NC(=O)C(N)CCC(=O)O)C(=O)NC(CS)C(=O)NC(CO)C(=O)O. The van der Waals surface area contributed by atoms with Gasteiger partial charge >= 0.3 is 11.9 Å². The number of aliphatic hydroxyl groups is 1. The maximum Gasteiger partial charge on any atom is 0.328 e. The quantitative estimate of drug-likeness (QED) is 0.133. The van der Waals surface area contributed by atoms with E-state index in [4.69, 9.17) is 21.1 Å². The maximum atomic E-state index is 12.7. The second-order valence-electron chi connectivity index (χ2n) is 6.74. The third kappa shape index (κ3) is 9.41. The summed E-state index contributed by atoms with van der Waals surface area (Å²) in [6.45, 7) is 2.63. The van der Waals surface area contributed by atoms with Gasteiger partial charge in [-0.05, 0) is 12.3 Å². The Kier molecular flexibility index (Phi) is 12.7. The number of aliphatic carboxylic acids is 2. The first-order valence-corrected chi connectivity index (χ1v) is 9.94. The van der Waals surface area contributed by atoms with Gasteiger partial charge in [0, 0.05) is 12.2 Å². The van der Waals surface area contributed by atoms with Gasteiger partial charge in [0.1, 0.15) is 18.1 Å². The van der Waals surface area contributed by atoms with Crippen LogP contribution in [0.15, 0.2) is 0 Å². The van der Waals surface area contributed by atoms with Gasteiger partial charge in [-0.1, -0.05) is 20.3 Å². The molecule has 30 heavy (non-hydrogen) atoms. The van der Waals surface area contributed by atoms with Crippen molar-refractivity contribution in [3.63, 3.8) is 0 Å². The Morgan fingerprint density at radius 1 is 0.967 bits per heavy atom. The number of carbonyl (C=O) groups is 5. The summed E-state index contributed by atoms with van der Waals surface area (Å²) in [7, 11) is 0. The van der Waals surface area contributed by atoms with Gasteiger partial charge in [-0.2, -0.15) is 12.6 Å². The third-order valence-electron chi connectivity index (χ3n) is 4.41. The molecule has 5 atom stereocenters. The summed E-state index contributed by atoms with van der Waals surface area (Å²) in [6, 6.07) is -4.97. The van der Waals surface area contributed by atoms with Gasteiger partial charge < -0.3 is 37.0 Å². The number of carboxylic acid groups (broad SMARTS) is 2. The summed E-state index contributed by atoms with van der Waals surface area (Å²) in [5.74, 6) is -5.38. The largest absolute Gasteiger partial charge is 0.481 e. The Labute approximate surface area is 179 Å². The van der Waals surface area contributed by atoms with Crippen molar-refractivity contribution in [1.29, 1.82) is 0 Å². The van der Waals surface area contributed by atoms with Crippen LogP contribution >= 0.6 is 12.6 Å². The molecule has 0 aliphatic carbocycles. The fourth-order valence-corrected chi connectivity index (χ4v) is 2.54. The van der Waals surface area contributed by atoms with E-state index in [0.29, 0.717) is 6.42 Å². The number of hydrogen-bond donors (Lipinski definition) is 8. The van der Waals surface area contributed by atoms with Crippen molar-refractivity contribution in [2.24, 2.45) is 11.7 Å². The molecule has 0 radical (unpaired) electrons. The van der Waals surface area contributed by atoms with E-state index < -0.39 is 60.4 Å². The molecule has 172 valence electrons. The van der Waals surface area contributed by atoms with Crippen LogP contribution in [0.4, 0.5) is 0 Å². The second-order valence-corrected chi connectivity index (χ2v) is 7.10. The first-order chi connectivity index (χ1) is 14.0. The maximum absolute atomic E-state index is 12.7. The van der Waals surface area contributed by atoms with Crippen molar-refractivity contribution in [2.45, 2.75) is 57.3 Å². The van der Waals surface area contributed by atoms with E-state index in [-0.39, 0.29) is 24.5 Å². The normalized spacial score (nSPS) is 15.8. The van der Waals surface area contributed by atoms with Crippen LogP contribution in [0.1, 0.15) is 33.1 Å². The van der Waals surface area contributed by atoms with Gasteiger partial charge in [0.05, 0.1) is 12.6 Å². The molecular weight excluding hydrogens is 420 g/mol. The highest BCUT2D eigenvalue weighted by Crippen LogP contribution is 2.09. The summed E-state index contributed by atoms with van der Waals surface area (Å²) < 4.78 is 0. The lowest BCUT2D eigenvalue weighted by molar-refractivity contribution is -0.143. The number of nitrogens with two attached hydrogens (primary N) is 1. The Hall–Kier alpha value is -2.38. The van der Waals surface area contributed by atoms with Crippen molar-refractivity contribution < 1.29 is 39.3 Å². The summed E-state index contributed by atoms with van der Waals surface area (Å²) in [6.07, 6.45) is 0.0633. The minimum atomic E-state index is -1.55. The number of carbonyl (C=O) groups excluding carboxylic acids is 3. The molecule has 0 aliphatic rings. The smallest absolute Gasteiger partial charge is 0.328 e. The van der Waals surface area contributed by atoms with Crippen LogP contribution < -0.4 is 21.7 Å². The summed E-state index contributed by atoms with van der Waals surface area (Å²) in [4.78, 5) is 58.7. The molecule has 12 nitrogen and oxygen atoms in total. The Balaban J connectivity index is 5.19. The van der Waals surface area contributed by atoms with Crippen LogP contribution in [0.25, 0.3) is 0 Å². The van der Waals surface area contributed by atoms with Gasteiger partial charge in [0.25, 0.3) is 0 Å². The molecule has 0 bridgehead atoms. The molecular formula is C17H30N4O8S. The zero-order chi connectivity index (χ0) is 23.4. The average Bonchev–Trinajstić information content (AvgIpc) is 2.70. The molecule has 0 aromatic heterocycles. The number of thiol groups is 1. The van der Waals surface area contributed by atoms with E-state index in [1.807, 2.05) is 0 Å². The molecule has 0 aromatic carbocycles. The molecule has 13 heteroatoms. The topological polar surface area (TPSA) is 208 Å². The predicted octanol–water partition coefficient (Wildman–Crippen LogP) is -2.31. The number of carboxylic acids is 2. The summed E-state index contributed by atoms with van der Waals surface area (Å²) in [5.41, 5.74) is 5.67. The molecule has 3 amide bonds. The molecule has 0 saturated heterocycles. The molecule has 0 saturated carbocycles. The number of amides is 3. The minimum Gasteiger partial charge on any atom is -0.481 e.